The molecule has 0 spiro atoms. The molecule has 0 saturated carbocycles. The zero-order chi connectivity index (χ0) is 15.1. The Bertz CT molecular complexity index is 620. The predicted octanol–water partition coefficient (Wildman–Crippen LogP) is 2.78. The summed E-state index contributed by atoms with van der Waals surface area (Å²) in [5.41, 5.74) is 6.86. The molecule has 0 saturated heterocycles. The zero-order valence-corrected chi connectivity index (χ0v) is 12.9. The van der Waals surface area contributed by atoms with Crippen molar-refractivity contribution in [3.05, 3.63) is 65.5 Å². The van der Waals surface area contributed by atoms with Gasteiger partial charge >= 0.3 is 0 Å². The minimum Gasteiger partial charge on any atom is -0.357 e. The SMILES string of the molecule is C/C(=N\NC(=S)NCc1ccc(C)cc1)c1ccccn1. The number of pyridine rings is 1. The molecule has 0 radical (unpaired) electrons. The summed E-state index contributed by atoms with van der Waals surface area (Å²) in [5.74, 6) is 0. The molecule has 0 aliphatic carbocycles. The lowest BCUT2D eigenvalue weighted by Crippen LogP contribution is -2.32. The number of nitrogens with one attached hydrogen (secondary N) is 2. The van der Waals surface area contributed by atoms with Gasteiger partial charge in [0.15, 0.2) is 5.11 Å². The molecule has 0 amide bonds. The quantitative estimate of drug-likeness (QED) is 0.518. The van der Waals surface area contributed by atoms with Crippen molar-refractivity contribution in [2.45, 2.75) is 20.4 Å². The minimum atomic E-state index is 0.492. The van der Waals surface area contributed by atoms with Gasteiger partial charge < -0.3 is 5.32 Å². The van der Waals surface area contributed by atoms with Gasteiger partial charge in [-0.15, -0.1) is 0 Å². The molecule has 1 aromatic heterocycles. The molecule has 108 valence electrons. The van der Waals surface area contributed by atoms with E-state index < -0.39 is 0 Å². The van der Waals surface area contributed by atoms with Crippen molar-refractivity contribution in [3.8, 4) is 0 Å². The molecular weight excluding hydrogens is 280 g/mol. The molecule has 2 aromatic rings. The summed E-state index contributed by atoms with van der Waals surface area (Å²) in [7, 11) is 0. The molecule has 2 rings (SSSR count). The Morgan fingerprint density at radius 1 is 1.19 bits per heavy atom. The lowest BCUT2D eigenvalue weighted by molar-refractivity contribution is 0.865. The van der Waals surface area contributed by atoms with Crippen LogP contribution < -0.4 is 10.7 Å². The predicted molar refractivity (Wildman–Crippen MR) is 90.2 cm³/mol. The Morgan fingerprint density at radius 2 is 1.95 bits per heavy atom. The molecule has 1 aromatic carbocycles. The lowest BCUT2D eigenvalue weighted by Gasteiger charge is -2.08. The van der Waals surface area contributed by atoms with E-state index in [0.717, 1.165) is 11.4 Å². The van der Waals surface area contributed by atoms with Crippen molar-refractivity contribution < 1.29 is 0 Å². The number of nitrogens with zero attached hydrogens (tertiary/aromatic N) is 2. The van der Waals surface area contributed by atoms with Crippen LogP contribution in [0.25, 0.3) is 0 Å². The monoisotopic (exact) mass is 298 g/mol. The van der Waals surface area contributed by atoms with Crippen molar-refractivity contribution in [2.75, 3.05) is 0 Å². The molecule has 0 aliphatic rings. The molecule has 21 heavy (non-hydrogen) atoms. The van der Waals surface area contributed by atoms with E-state index in [9.17, 15) is 0 Å². The highest BCUT2D eigenvalue weighted by Crippen LogP contribution is 2.02. The molecule has 5 heteroatoms. The second kappa shape index (κ2) is 7.50. The molecule has 0 aliphatic heterocycles. The Labute approximate surface area is 130 Å². The van der Waals surface area contributed by atoms with Crippen molar-refractivity contribution in [1.82, 2.24) is 15.7 Å². The second-order valence-electron chi connectivity index (χ2n) is 4.69. The highest BCUT2D eigenvalue weighted by atomic mass is 32.1. The number of benzene rings is 1. The van der Waals surface area contributed by atoms with Crippen molar-refractivity contribution in [3.63, 3.8) is 0 Å². The van der Waals surface area contributed by atoms with E-state index in [0.29, 0.717) is 11.7 Å². The van der Waals surface area contributed by atoms with Crippen LogP contribution in [0.2, 0.25) is 0 Å². The first-order chi connectivity index (χ1) is 10.1. The normalized spacial score (nSPS) is 11.0. The number of aromatic nitrogens is 1. The van der Waals surface area contributed by atoms with Gasteiger partial charge in [0, 0.05) is 12.7 Å². The molecule has 0 bridgehead atoms. The van der Waals surface area contributed by atoms with Crippen LogP contribution in [0, 0.1) is 6.92 Å². The van der Waals surface area contributed by atoms with Crippen molar-refractivity contribution in [1.29, 1.82) is 0 Å². The summed E-state index contributed by atoms with van der Waals surface area (Å²) in [6, 6.07) is 14.0. The molecule has 4 nitrogen and oxygen atoms in total. The van der Waals surface area contributed by atoms with Gasteiger partial charge in [-0.25, -0.2) is 0 Å². The van der Waals surface area contributed by atoms with Gasteiger partial charge in [-0.3, -0.25) is 10.4 Å². The Balaban J connectivity index is 1.83. The van der Waals surface area contributed by atoms with Gasteiger partial charge in [0.2, 0.25) is 0 Å². The van der Waals surface area contributed by atoms with Gasteiger partial charge in [0.25, 0.3) is 0 Å². The number of thiocarbonyl (C=S) groups is 1. The standard InChI is InChI=1S/C16H18N4S/c1-12-6-8-14(9-7-12)11-18-16(21)20-19-13(2)15-5-3-4-10-17-15/h3-10H,11H2,1-2H3,(H2,18,20,21)/b19-13+. The van der Waals surface area contributed by atoms with Crippen LogP contribution in [0.4, 0.5) is 0 Å². The molecule has 0 atom stereocenters. The summed E-state index contributed by atoms with van der Waals surface area (Å²) >= 11 is 5.20. The maximum Gasteiger partial charge on any atom is 0.187 e. The fourth-order valence-corrected chi connectivity index (χ4v) is 1.81. The summed E-state index contributed by atoms with van der Waals surface area (Å²) < 4.78 is 0. The first kappa shape index (κ1) is 15.1. The van der Waals surface area contributed by atoms with Gasteiger partial charge in [0.05, 0.1) is 11.4 Å². The number of hydrazone groups is 1. The fraction of sp³-hybridized carbons (Fsp3) is 0.188. The third-order valence-electron chi connectivity index (χ3n) is 2.93. The highest BCUT2D eigenvalue weighted by Gasteiger charge is 1.99. The van der Waals surface area contributed by atoms with Gasteiger partial charge in [-0.2, -0.15) is 5.10 Å². The first-order valence-corrected chi connectivity index (χ1v) is 7.11. The van der Waals surface area contributed by atoms with Crippen molar-refractivity contribution >= 4 is 23.0 Å². The molecule has 0 fully saturated rings. The number of hydrogen-bond donors (Lipinski definition) is 2. The summed E-state index contributed by atoms with van der Waals surface area (Å²) in [6.07, 6.45) is 1.74. The van der Waals surface area contributed by atoms with Gasteiger partial charge in [0.1, 0.15) is 0 Å². The minimum absolute atomic E-state index is 0.492. The average Bonchev–Trinajstić information content (AvgIpc) is 2.53. The molecule has 2 N–H and O–H groups in total. The van der Waals surface area contributed by atoms with E-state index in [1.54, 1.807) is 6.20 Å². The van der Waals surface area contributed by atoms with E-state index in [1.165, 1.54) is 11.1 Å². The van der Waals surface area contributed by atoms with Crippen LogP contribution in [0.15, 0.2) is 53.8 Å². The zero-order valence-electron chi connectivity index (χ0n) is 12.1. The Kier molecular flexibility index (Phi) is 5.40. The Morgan fingerprint density at radius 3 is 2.62 bits per heavy atom. The van der Waals surface area contributed by atoms with Crippen LogP contribution in [0.3, 0.4) is 0 Å². The lowest BCUT2D eigenvalue weighted by atomic mass is 10.1. The van der Waals surface area contributed by atoms with E-state index in [1.807, 2.05) is 25.1 Å². The fourth-order valence-electron chi connectivity index (χ4n) is 1.70. The van der Waals surface area contributed by atoms with E-state index in [2.05, 4.69) is 52.0 Å². The van der Waals surface area contributed by atoms with Gasteiger partial charge in [-0.05, 0) is 43.8 Å². The van der Waals surface area contributed by atoms with Crippen LogP contribution in [0.5, 0.6) is 0 Å². The van der Waals surface area contributed by atoms with E-state index in [4.69, 9.17) is 12.2 Å². The maximum atomic E-state index is 5.20. The van der Waals surface area contributed by atoms with Crippen molar-refractivity contribution in [2.24, 2.45) is 5.10 Å². The van der Waals surface area contributed by atoms with Crippen LogP contribution in [0.1, 0.15) is 23.7 Å². The largest absolute Gasteiger partial charge is 0.357 e. The number of hydrogen-bond acceptors (Lipinski definition) is 3. The topological polar surface area (TPSA) is 49.3 Å². The smallest absolute Gasteiger partial charge is 0.187 e. The van der Waals surface area contributed by atoms with Crippen LogP contribution in [-0.2, 0) is 6.54 Å². The van der Waals surface area contributed by atoms with Crippen LogP contribution in [-0.4, -0.2) is 15.8 Å². The maximum absolute atomic E-state index is 5.20. The average molecular weight is 298 g/mol. The number of rotatable bonds is 4. The summed E-state index contributed by atoms with van der Waals surface area (Å²) in [4.78, 5) is 4.22. The van der Waals surface area contributed by atoms with E-state index in [-0.39, 0.29) is 0 Å². The Hall–Kier alpha value is -2.27. The molecule has 1 heterocycles. The van der Waals surface area contributed by atoms with Crippen LogP contribution >= 0.6 is 12.2 Å². The molecule has 0 unspecified atom stereocenters. The second-order valence-corrected chi connectivity index (χ2v) is 5.10. The number of aryl methyl sites for hydroxylation is 1. The summed E-state index contributed by atoms with van der Waals surface area (Å²) in [5, 5.41) is 7.83. The third kappa shape index (κ3) is 4.96. The van der Waals surface area contributed by atoms with E-state index >= 15 is 0 Å². The highest BCUT2D eigenvalue weighted by molar-refractivity contribution is 7.80. The first-order valence-electron chi connectivity index (χ1n) is 6.70. The summed E-state index contributed by atoms with van der Waals surface area (Å²) in [6.45, 7) is 4.63. The van der Waals surface area contributed by atoms with Gasteiger partial charge in [-0.1, -0.05) is 35.9 Å². The molecular formula is C16H18N4S. The third-order valence-corrected chi connectivity index (χ3v) is 3.17.